The number of sulfonamides is 1. The number of piperazine rings is 1. The summed E-state index contributed by atoms with van der Waals surface area (Å²) in [5.41, 5.74) is 0.769. The lowest BCUT2D eigenvalue weighted by atomic mass is 9.95. The van der Waals surface area contributed by atoms with Gasteiger partial charge in [-0.25, -0.2) is 13.2 Å². The third-order valence-electron chi connectivity index (χ3n) is 6.49. The van der Waals surface area contributed by atoms with Crippen molar-refractivity contribution in [3.05, 3.63) is 29.8 Å². The van der Waals surface area contributed by atoms with Gasteiger partial charge in [0.1, 0.15) is 17.8 Å². The third kappa shape index (κ3) is 6.92. The second-order valence-corrected chi connectivity index (χ2v) is 10.8. The van der Waals surface area contributed by atoms with E-state index in [1.165, 1.54) is 16.3 Å². The van der Waals surface area contributed by atoms with E-state index in [0.717, 1.165) is 11.8 Å². The van der Waals surface area contributed by atoms with E-state index in [9.17, 15) is 22.8 Å². The molecule has 2 N–H and O–H groups in total. The van der Waals surface area contributed by atoms with Gasteiger partial charge in [-0.2, -0.15) is 4.31 Å². The van der Waals surface area contributed by atoms with Gasteiger partial charge in [-0.15, -0.1) is 0 Å². The number of benzene rings is 1. The van der Waals surface area contributed by atoms with Gasteiger partial charge in [0.2, 0.25) is 21.8 Å². The fourth-order valence-electron chi connectivity index (χ4n) is 4.45. The SMILES string of the molecule is COC(=O)[C@H](Cc1ccc(OC)cc1)NC(=O)[C@H]1CN(S(C)(=O)=O)CCN1C(=O)C1CCNCC1. The van der Waals surface area contributed by atoms with Gasteiger partial charge in [0.25, 0.3) is 0 Å². The van der Waals surface area contributed by atoms with Crippen molar-refractivity contribution in [2.45, 2.75) is 31.3 Å². The fourth-order valence-corrected chi connectivity index (χ4v) is 5.28. The van der Waals surface area contributed by atoms with Crippen LogP contribution in [-0.4, -0.2) is 101 Å². The van der Waals surface area contributed by atoms with Crippen LogP contribution >= 0.6 is 0 Å². The molecule has 35 heavy (non-hydrogen) atoms. The zero-order valence-electron chi connectivity index (χ0n) is 20.4. The molecule has 1 aromatic carbocycles. The van der Waals surface area contributed by atoms with Crippen molar-refractivity contribution >= 4 is 27.8 Å². The Hall–Kier alpha value is -2.70. The second-order valence-electron chi connectivity index (χ2n) is 8.83. The molecule has 2 atom stereocenters. The molecule has 0 bridgehead atoms. The highest BCUT2D eigenvalue weighted by Crippen LogP contribution is 2.21. The fraction of sp³-hybridized carbons (Fsp3) is 0.609. The first-order chi connectivity index (χ1) is 16.6. The summed E-state index contributed by atoms with van der Waals surface area (Å²) in [7, 11) is -0.790. The predicted molar refractivity (Wildman–Crippen MR) is 128 cm³/mol. The predicted octanol–water partition coefficient (Wildman–Crippen LogP) is -0.632. The van der Waals surface area contributed by atoms with E-state index in [4.69, 9.17) is 9.47 Å². The minimum absolute atomic E-state index is 0.106. The molecule has 2 aliphatic rings. The van der Waals surface area contributed by atoms with Crippen LogP contribution in [-0.2, 0) is 35.6 Å². The molecule has 0 saturated carbocycles. The van der Waals surface area contributed by atoms with Gasteiger partial charge >= 0.3 is 5.97 Å². The smallest absolute Gasteiger partial charge is 0.328 e. The number of rotatable bonds is 8. The van der Waals surface area contributed by atoms with E-state index in [-0.39, 0.29) is 37.9 Å². The van der Waals surface area contributed by atoms with Crippen LogP contribution in [0, 0.1) is 5.92 Å². The second kappa shape index (κ2) is 11.8. The van der Waals surface area contributed by atoms with Crippen molar-refractivity contribution in [1.82, 2.24) is 19.8 Å². The molecule has 2 saturated heterocycles. The summed E-state index contributed by atoms with van der Waals surface area (Å²) in [5.74, 6) is -0.968. The van der Waals surface area contributed by atoms with E-state index in [1.54, 1.807) is 31.4 Å². The van der Waals surface area contributed by atoms with Crippen LogP contribution in [0.3, 0.4) is 0 Å². The number of carbonyl (C=O) groups excluding carboxylic acids is 3. The lowest BCUT2D eigenvalue weighted by Gasteiger charge is -2.41. The summed E-state index contributed by atoms with van der Waals surface area (Å²) in [6, 6.07) is 4.99. The van der Waals surface area contributed by atoms with Crippen molar-refractivity contribution in [1.29, 1.82) is 0 Å². The van der Waals surface area contributed by atoms with E-state index in [0.29, 0.717) is 31.7 Å². The molecule has 2 heterocycles. The molecule has 0 aromatic heterocycles. The number of amides is 2. The van der Waals surface area contributed by atoms with Gasteiger partial charge in [-0.05, 0) is 43.6 Å². The molecule has 2 fully saturated rings. The maximum atomic E-state index is 13.4. The molecule has 0 unspecified atom stereocenters. The third-order valence-corrected chi connectivity index (χ3v) is 7.76. The number of carbonyl (C=O) groups is 3. The van der Waals surface area contributed by atoms with Crippen molar-refractivity contribution in [3.63, 3.8) is 0 Å². The lowest BCUT2D eigenvalue weighted by Crippen LogP contribution is -2.63. The molecule has 12 heteroatoms. The monoisotopic (exact) mass is 510 g/mol. The van der Waals surface area contributed by atoms with Gasteiger partial charge in [0.15, 0.2) is 0 Å². The summed E-state index contributed by atoms with van der Waals surface area (Å²) >= 11 is 0. The molecule has 0 radical (unpaired) electrons. The Kier molecular flexibility index (Phi) is 9.09. The Bertz CT molecular complexity index is 1010. The van der Waals surface area contributed by atoms with Crippen molar-refractivity contribution in [2.24, 2.45) is 5.92 Å². The van der Waals surface area contributed by atoms with E-state index in [1.807, 2.05) is 0 Å². The van der Waals surface area contributed by atoms with Crippen molar-refractivity contribution < 1.29 is 32.3 Å². The molecule has 1 aromatic rings. The number of ether oxygens (including phenoxy) is 2. The quantitative estimate of drug-likeness (QED) is 0.442. The molecule has 194 valence electrons. The Morgan fingerprint density at radius 1 is 1.11 bits per heavy atom. The maximum Gasteiger partial charge on any atom is 0.328 e. The lowest BCUT2D eigenvalue weighted by molar-refractivity contribution is -0.149. The van der Waals surface area contributed by atoms with Crippen LogP contribution in [0.15, 0.2) is 24.3 Å². The van der Waals surface area contributed by atoms with Crippen LogP contribution in [0.25, 0.3) is 0 Å². The van der Waals surface area contributed by atoms with Gasteiger partial charge in [0.05, 0.1) is 20.5 Å². The van der Waals surface area contributed by atoms with Gasteiger partial charge in [-0.1, -0.05) is 12.1 Å². The van der Waals surface area contributed by atoms with Crippen LogP contribution in [0.1, 0.15) is 18.4 Å². The van der Waals surface area contributed by atoms with Gasteiger partial charge < -0.3 is 25.0 Å². The first kappa shape index (κ1) is 26.9. The van der Waals surface area contributed by atoms with E-state index in [2.05, 4.69) is 10.6 Å². The Morgan fingerprint density at radius 2 is 1.77 bits per heavy atom. The zero-order chi connectivity index (χ0) is 25.6. The van der Waals surface area contributed by atoms with Crippen LogP contribution in [0.4, 0.5) is 0 Å². The minimum Gasteiger partial charge on any atom is -0.497 e. The highest BCUT2D eigenvalue weighted by molar-refractivity contribution is 7.88. The van der Waals surface area contributed by atoms with Crippen molar-refractivity contribution in [2.75, 3.05) is 53.2 Å². The first-order valence-corrected chi connectivity index (χ1v) is 13.5. The molecule has 11 nitrogen and oxygen atoms in total. The standard InChI is InChI=1S/C23H34N4O7S/c1-33-18-6-4-16(5-7-18)14-19(23(30)34-2)25-21(28)20-15-26(35(3,31)32)12-13-27(20)22(29)17-8-10-24-11-9-17/h4-7,17,19-20,24H,8-15H2,1-3H3,(H,25,28)/t19-,20+/m0/s1. The number of piperidine rings is 1. The zero-order valence-corrected chi connectivity index (χ0v) is 21.2. The summed E-state index contributed by atoms with van der Waals surface area (Å²) in [6.07, 6.45) is 2.55. The number of methoxy groups -OCH3 is 2. The first-order valence-electron chi connectivity index (χ1n) is 11.6. The van der Waals surface area contributed by atoms with Gasteiger partial charge in [0, 0.05) is 32.0 Å². The molecule has 2 aliphatic heterocycles. The molecular formula is C23H34N4O7S. The number of hydrogen-bond acceptors (Lipinski definition) is 8. The molecule has 3 rings (SSSR count). The summed E-state index contributed by atoms with van der Waals surface area (Å²) in [4.78, 5) is 40.7. The van der Waals surface area contributed by atoms with Crippen LogP contribution in [0.2, 0.25) is 0 Å². The van der Waals surface area contributed by atoms with E-state index >= 15 is 0 Å². The highest BCUT2D eigenvalue weighted by Gasteiger charge is 2.41. The summed E-state index contributed by atoms with van der Waals surface area (Å²) in [5, 5.41) is 5.91. The highest BCUT2D eigenvalue weighted by atomic mass is 32.2. The average molecular weight is 511 g/mol. The normalized spacial score (nSPS) is 20.7. The average Bonchev–Trinajstić information content (AvgIpc) is 2.87. The van der Waals surface area contributed by atoms with Crippen molar-refractivity contribution in [3.8, 4) is 5.75 Å². The Morgan fingerprint density at radius 3 is 2.34 bits per heavy atom. The Balaban J connectivity index is 1.80. The molecule has 0 aliphatic carbocycles. The van der Waals surface area contributed by atoms with Crippen LogP contribution in [0.5, 0.6) is 5.75 Å². The minimum atomic E-state index is -3.57. The van der Waals surface area contributed by atoms with Crippen LogP contribution < -0.4 is 15.4 Å². The topological polar surface area (TPSA) is 134 Å². The molecule has 2 amide bonds. The number of esters is 1. The number of nitrogens with one attached hydrogen (secondary N) is 2. The summed E-state index contributed by atoms with van der Waals surface area (Å²) in [6.45, 7) is 1.48. The largest absolute Gasteiger partial charge is 0.497 e. The van der Waals surface area contributed by atoms with Gasteiger partial charge in [-0.3, -0.25) is 9.59 Å². The van der Waals surface area contributed by atoms with E-state index < -0.39 is 34.0 Å². The molecule has 0 spiro atoms. The molecular weight excluding hydrogens is 476 g/mol. The number of nitrogens with zero attached hydrogens (tertiary/aromatic N) is 2. The maximum absolute atomic E-state index is 13.4. The Labute approximate surface area is 206 Å². The summed E-state index contributed by atoms with van der Waals surface area (Å²) < 4.78 is 35.6. The number of hydrogen-bond donors (Lipinski definition) is 2.